The third kappa shape index (κ3) is 2.80. The van der Waals surface area contributed by atoms with Crippen LogP contribution >= 0.6 is 0 Å². The van der Waals surface area contributed by atoms with Gasteiger partial charge in [-0.05, 0) is 12.3 Å². The van der Waals surface area contributed by atoms with E-state index in [1.165, 1.54) is 0 Å². The van der Waals surface area contributed by atoms with Gasteiger partial charge in [-0.15, -0.1) is 0 Å². The van der Waals surface area contributed by atoms with Gasteiger partial charge in [-0.1, -0.05) is 13.8 Å². The molecule has 0 saturated carbocycles. The average molecular weight is 224 g/mol. The van der Waals surface area contributed by atoms with Crippen molar-refractivity contribution in [2.75, 3.05) is 13.1 Å². The molecule has 1 aliphatic heterocycles. The Morgan fingerprint density at radius 3 is 3.00 bits per heavy atom. The highest BCUT2D eigenvalue weighted by Crippen LogP contribution is 2.12. The molecule has 1 N–H and O–H groups in total. The fourth-order valence-corrected chi connectivity index (χ4v) is 2.06. The number of hydrogen-bond acceptors (Lipinski definition) is 4. The van der Waals surface area contributed by atoms with Crippen molar-refractivity contribution < 1.29 is 5.11 Å². The molecule has 16 heavy (non-hydrogen) atoms. The van der Waals surface area contributed by atoms with Crippen molar-refractivity contribution >= 4 is 0 Å². The summed E-state index contributed by atoms with van der Waals surface area (Å²) < 4.78 is 1.97. The van der Waals surface area contributed by atoms with Crippen LogP contribution in [0.5, 0.6) is 0 Å². The molecule has 0 aliphatic carbocycles. The lowest BCUT2D eigenvalue weighted by atomic mass is 10.2. The van der Waals surface area contributed by atoms with Gasteiger partial charge in [-0.3, -0.25) is 4.90 Å². The second kappa shape index (κ2) is 4.93. The Kier molecular flexibility index (Phi) is 3.56. The molecule has 2 heterocycles. The van der Waals surface area contributed by atoms with Crippen LogP contribution in [0.3, 0.4) is 0 Å². The summed E-state index contributed by atoms with van der Waals surface area (Å²) >= 11 is 0. The average Bonchev–Trinajstić information content (AvgIpc) is 2.77. The lowest BCUT2D eigenvalue weighted by Gasteiger charge is -2.15. The van der Waals surface area contributed by atoms with E-state index < -0.39 is 0 Å². The van der Waals surface area contributed by atoms with Crippen LogP contribution in [0.1, 0.15) is 26.1 Å². The topological polar surface area (TPSA) is 54.2 Å². The molecule has 0 bridgehead atoms. The van der Waals surface area contributed by atoms with Crippen LogP contribution in [0.2, 0.25) is 0 Å². The van der Waals surface area contributed by atoms with Gasteiger partial charge in [0.2, 0.25) is 0 Å². The lowest BCUT2D eigenvalue weighted by Crippen LogP contribution is -2.24. The summed E-state index contributed by atoms with van der Waals surface area (Å²) in [5, 5.41) is 13.7. The van der Waals surface area contributed by atoms with Gasteiger partial charge in [0.05, 0.1) is 12.6 Å². The van der Waals surface area contributed by atoms with Crippen LogP contribution in [0.25, 0.3) is 0 Å². The second-order valence-corrected chi connectivity index (χ2v) is 4.93. The number of β-amino-alcohol motifs (C(OH)–C–C–N with tert-alkyl or cyclic N) is 1. The van der Waals surface area contributed by atoms with E-state index >= 15 is 0 Å². The zero-order chi connectivity index (χ0) is 11.5. The summed E-state index contributed by atoms with van der Waals surface area (Å²) in [4.78, 5) is 6.51. The first-order chi connectivity index (χ1) is 7.65. The number of hydrogen-bond donors (Lipinski definition) is 1. The highest BCUT2D eigenvalue weighted by Gasteiger charge is 2.21. The highest BCUT2D eigenvalue weighted by atomic mass is 16.3. The molecule has 1 aliphatic rings. The van der Waals surface area contributed by atoms with E-state index in [1.807, 2.05) is 4.68 Å². The van der Waals surface area contributed by atoms with E-state index in [9.17, 15) is 5.11 Å². The maximum absolute atomic E-state index is 9.46. The van der Waals surface area contributed by atoms with Crippen molar-refractivity contribution in [1.82, 2.24) is 19.7 Å². The molecule has 0 amide bonds. The van der Waals surface area contributed by atoms with E-state index in [2.05, 4.69) is 28.8 Å². The van der Waals surface area contributed by atoms with Crippen LogP contribution in [-0.2, 0) is 13.1 Å². The molecular formula is C11H20N4O. The predicted molar refractivity (Wildman–Crippen MR) is 60.8 cm³/mol. The summed E-state index contributed by atoms with van der Waals surface area (Å²) in [6.07, 6.45) is 2.32. The van der Waals surface area contributed by atoms with Gasteiger partial charge in [-0.25, -0.2) is 9.67 Å². The molecule has 1 aromatic heterocycles. The van der Waals surface area contributed by atoms with Crippen molar-refractivity contribution in [3.8, 4) is 0 Å². The van der Waals surface area contributed by atoms with Crippen molar-refractivity contribution in [1.29, 1.82) is 0 Å². The van der Waals surface area contributed by atoms with Gasteiger partial charge in [0.25, 0.3) is 0 Å². The van der Waals surface area contributed by atoms with E-state index in [0.29, 0.717) is 5.92 Å². The molecule has 1 atom stereocenters. The fraction of sp³-hybridized carbons (Fsp3) is 0.818. The minimum absolute atomic E-state index is 0.165. The van der Waals surface area contributed by atoms with Crippen LogP contribution in [0.15, 0.2) is 6.33 Å². The second-order valence-electron chi connectivity index (χ2n) is 4.93. The molecule has 0 spiro atoms. The maximum Gasteiger partial charge on any atom is 0.141 e. The number of aliphatic hydroxyl groups is 1. The summed E-state index contributed by atoms with van der Waals surface area (Å²) in [7, 11) is 0. The Balaban J connectivity index is 1.96. The van der Waals surface area contributed by atoms with Gasteiger partial charge < -0.3 is 5.11 Å². The molecule has 0 aromatic carbocycles. The third-order valence-electron chi connectivity index (χ3n) is 2.85. The van der Waals surface area contributed by atoms with Crippen LogP contribution < -0.4 is 0 Å². The number of aromatic nitrogens is 3. The molecule has 90 valence electrons. The minimum Gasteiger partial charge on any atom is -0.392 e. The van der Waals surface area contributed by atoms with Gasteiger partial charge in [0, 0.05) is 19.6 Å². The number of nitrogens with zero attached hydrogens (tertiary/aromatic N) is 4. The summed E-state index contributed by atoms with van der Waals surface area (Å²) in [5.74, 6) is 1.58. The van der Waals surface area contributed by atoms with Crippen LogP contribution in [0.4, 0.5) is 0 Å². The zero-order valence-corrected chi connectivity index (χ0v) is 10.0. The quantitative estimate of drug-likeness (QED) is 0.809. The Morgan fingerprint density at radius 1 is 1.56 bits per heavy atom. The standard InChI is InChI=1S/C11H20N4O/c1-9(2)5-15-11(12-8-13-15)7-14-4-3-10(16)6-14/h8-10,16H,3-7H2,1-2H3/t10-/m0/s1. The van der Waals surface area contributed by atoms with Crippen molar-refractivity contribution in [3.63, 3.8) is 0 Å². The maximum atomic E-state index is 9.46. The summed E-state index contributed by atoms with van der Waals surface area (Å²) in [6, 6.07) is 0. The Hall–Kier alpha value is -0.940. The van der Waals surface area contributed by atoms with Gasteiger partial charge in [0.1, 0.15) is 12.2 Å². The first kappa shape index (κ1) is 11.5. The molecule has 2 rings (SSSR count). The van der Waals surface area contributed by atoms with Crippen molar-refractivity contribution in [3.05, 3.63) is 12.2 Å². The minimum atomic E-state index is -0.165. The number of rotatable bonds is 4. The third-order valence-corrected chi connectivity index (χ3v) is 2.85. The zero-order valence-electron chi connectivity index (χ0n) is 10.0. The normalized spacial score (nSPS) is 22.1. The molecule has 5 nitrogen and oxygen atoms in total. The number of aliphatic hydroxyl groups excluding tert-OH is 1. The molecule has 0 unspecified atom stereocenters. The Labute approximate surface area is 96.1 Å². The van der Waals surface area contributed by atoms with Crippen LogP contribution in [0, 0.1) is 5.92 Å². The monoisotopic (exact) mass is 224 g/mol. The van der Waals surface area contributed by atoms with Gasteiger partial charge >= 0.3 is 0 Å². The molecule has 1 saturated heterocycles. The van der Waals surface area contributed by atoms with Crippen molar-refractivity contribution in [2.45, 2.75) is 39.5 Å². The molecule has 0 radical (unpaired) electrons. The van der Waals surface area contributed by atoms with Crippen molar-refractivity contribution in [2.24, 2.45) is 5.92 Å². The molecular weight excluding hydrogens is 204 g/mol. The Bertz CT molecular complexity index is 336. The smallest absolute Gasteiger partial charge is 0.141 e. The molecule has 1 aromatic rings. The number of likely N-dealkylation sites (tertiary alicyclic amines) is 1. The van der Waals surface area contributed by atoms with E-state index in [0.717, 1.165) is 38.4 Å². The fourth-order valence-electron chi connectivity index (χ4n) is 2.06. The lowest BCUT2D eigenvalue weighted by molar-refractivity contribution is 0.173. The van der Waals surface area contributed by atoms with Crippen LogP contribution in [-0.4, -0.2) is 44.0 Å². The van der Waals surface area contributed by atoms with Gasteiger partial charge in [0.15, 0.2) is 0 Å². The van der Waals surface area contributed by atoms with E-state index in [1.54, 1.807) is 6.33 Å². The van der Waals surface area contributed by atoms with E-state index in [4.69, 9.17) is 0 Å². The van der Waals surface area contributed by atoms with E-state index in [-0.39, 0.29) is 6.10 Å². The van der Waals surface area contributed by atoms with Gasteiger partial charge in [-0.2, -0.15) is 5.10 Å². The molecule has 1 fully saturated rings. The highest BCUT2D eigenvalue weighted by molar-refractivity contribution is 4.87. The summed E-state index contributed by atoms with van der Waals surface area (Å²) in [5.41, 5.74) is 0. The Morgan fingerprint density at radius 2 is 2.38 bits per heavy atom. The molecule has 5 heteroatoms. The predicted octanol–water partition coefficient (Wildman–Crippen LogP) is 0.501. The first-order valence-corrected chi connectivity index (χ1v) is 5.92. The SMILES string of the molecule is CC(C)Cn1ncnc1CN1CC[C@H](O)C1. The largest absolute Gasteiger partial charge is 0.392 e. The first-order valence-electron chi connectivity index (χ1n) is 5.92. The summed E-state index contributed by atoms with van der Waals surface area (Å²) in [6.45, 7) is 7.76.